The molecule has 0 radical (unpaired) electrons. The molecule has 2 aromatic rings. The van der Waals surface area contributed by atoms with Gasteiger partial charge in [-0.25, -0.2) is 4.98 Å². The van der Waals surface area contributed by atoms with Gasteiger partial charge in [-0.3, -0.25) is 4.68 Å². The minimum absolute atomic E-state index is 0.321. The van der Waals surface area contributed by atoms with Gasteiger partial charge in [0, 0.05) is 31.7 Å². The number of ether oxygens (including phenoxy) is 1. The van der Waals surface area contributed by atoms with Crippen LogP contribution in [0.5, 0.6) is 0 Å². The van der Waals surface area contributed by atoms with Crippen LogP contribution in [0.3, 0.4) is 0 Å². The second kappa shape index (κ2) is 6.76. The van der Waals surface area contributed by atoms with Crippen molar-refractivity contribution in [1.82, 2.24) is 19.3 Å². The molecule has 0 spiro atoms. The van der Waals surface area contributed by atoms with E-state index in [1.165, 1.54) is 0 Å². The van der Waals surface area contributed by atoms with Gasteiger partial charge in [0.1, 0.15) is 5.82 Å². The summed E-state index contributed by atoms with van der Waals surface area (Å²) in [5.41, 5.74) is 1.03. The molecule has 0 saturated carbocycles. The summed E-state index contributed by atoms with van der Waals surface area (Å²) in [6, 6.07) is 0. The minimum atomic E-state index is 0.321. The monoisotopic (exact) mass is 289 g/mol. The van der Waals surface area contributed by atoms with Crippen molar-refractivity contribution in [2.24, 2.45) is 0 Å². The number of nitrogens with one attached hydrogen (secondary N) is 1. The van der Waals surface area contributed by atoms with Gasteiger partial charge >= 0.3 is 0 Å². The lowest BCUT2D eigenvalue weighted by molar-refractivity contribution is 0.0940. The molecule has 1 aliphatic rings. The smallest absolute Gasteiger partial charge is 0.128 e. The highest BCUT2D eigenvalue weighted by Crippen LogP contribution is 2.15. The van der Waals surface area contributed by atoms with Gasteiger partial charge in [0.15, 0.2) is 0 Å². The second-order valence-electron chi connectivity index (χ2n) is 5.48. The van der Waals surface area contributed by atoms with Crippen LogP contribution in [0, 0.1) is 0 Å². The van der Waals surface area contributed by atoms with Crippen LogP contribution < -0.4 is 5.32 Å². The SMILES string of the molecule is CCCn1ccnc1CNc1cnn(CC2CCCO2)c1. The molecule has 1 fully saturated rings. The fourth-order valence-corrected chi connectivity index (χ4v) is 2.68. The molecule has 0 aliphatic carbocycles. The molecule has 0 amide bonds. The summed E-state index contributed by atoms with van der Waals surface area (Å²) in [5.74, 6) is 1.06. The summed E-state index contributed by atoms with van der Waals surface area (Å²) in [6.45, 7) is 5.63. The van der Waals surface area contributed by atoms with Crippen LogP contribution in [0.1, 0.15) is 32.0 Å². The molecule has 1 atom stereocenters. The molecule has 0 bridgehead atoms. The van der Waals surface area contributed by atoms with Gasteiger partial charge in [-0.1, -0.05) is 6.92 Å². The number of rotatable bonds is 7. The topological polar surface area (TPSA) is 56.9 Å². The van der Waals surface area contributed by atoms with E-state index in [1.807, 2.05) is 29.5 Å². The summed E-state index contributed by atoms with van der Waals surface area (Å²) < 4.78 is 9.77. The predicted molar refractivity (Wildman–Crippen MR) is 81.0 cm³/mol. The fourth-order valence-electron chi connectivity index (χ4n) is 2.68. The largest absolute Gasteiger partial charge is 0.376 e. The normalized spacial score (nSPS) is 18.2. The lowest BCUT2D eigenvalue weighted by Crippen LogP contribution is -2.15. The average molecular weight is 289 g/mol. The standard InChI is InChI=1S/C15H23N5O/c1-2-6-19-7-5-16-15(19)10-17-13-9-18-20(11-13)12-14-4-3-8-21-14/h5,7,9,11,14,17H,2-4,6,8,10,12H2,1H3. The first kappa shape index (κ1) is 14.1. The molecule has 21 heavy (non-hydrogen) atoms. The van der Waals surface area contributed by atoms with E-state index in [0.29, 0.717) is 6.10 Å². The Hall–Kier alpha value is -1.82. The molecular formula is C15H23N5O. The number of aromatic nitrogens is 4. The zero-order valence-electron chi connectivity index (χ0n) is 12.5. The first-order chi connectivity index (χ1) is 10.3. The second-order valence-corrected chi connectivity index (χ2v) is 5.48. The van der Waals surface area contributed by atoms with Crippen LogP contribution in [-0.2, 0) is 24.4 Å². The first-order valence-corrected chi connectivity index (χ1v) is 7.73. The van der Waals surface area contributed by atoms with Crippen molar-refractivity contribution in [3.63, 3.8) is 0 Å². The predicted octanol–water partition coefficient (Wildman–Crippen LogP) is 2.28. The van der Waals surface area contributed by atoms with Crippen LogP contribution in [-0.4, -0.2) is 32.0 Å². The molecule has 0 aromatic carbocycles. The van der Waals surface area contributed by atoms with E-state index in [-0.39, 0.29) is 0 Å². The summed E-state index contributed by atoms with van der Waals surface area (Å²) in [7, 11) is 0. The molecule has 1 aliphatic heterocycles. The first-order valence-electron chi connectivity index (χ1n) is 7.73. The third kappa shape index (κ3) is 3.64. The zero-order valence-corrected chi connectivity index (χ0v) is 12.5. The molecule has 3 heterocycles. The molecule has 1 saturated heterocycles. The fraction of sp³-hybridized carbons (Fsp3) is 0.600. The highest BCUT2D eigenvalue weighted by atomic mass is 16.5. The Morgan fingerprint density at radius 1 is 1.48 bits per heavy atom. The van der Waals surface area contributed by atoms with Gasteiger partial charge in [-0.05, 0) is 19.3 Å². The maximum Gasteiger partial charge on any atom is 0.128 e. The Morgan fingerprint density at radius 3 is 3.24 bits per heavy atom. The van der Waals surface area contributed by atoms with Crippen molar-refractivity contribution >= 4 is 5.69 Å². The summed E-state index contributed by atoms with van der Waals surface area (Å²) in [4.78, 5) is 4.39. The van der Waals surface area contributed by atoms with Crippen molar-refractivity contribution in [1.29, 1.82) is 0 Å². The van der Waals surface area contributed by atoms with E-state index in [9.17, 15) is 0 Å². The molecule has 3 rings (SSSR count). The lowest BCUT2D eigenvalue weighted by atomic mass is 10.2. The Bertz CT molecular complexity index is 556. The van der Waals surface area contributed by atoms with Gasteiger partial charge in [0.2, 0.25) is 0 Å². The Morgan fingerprint density at radius 2 is 2.43 bits per heavy atom. The van der Waals surface area contributed by atoms with Crippen molar-refractivity contribution in [3.05, 3.63) is 30.6 Å². The maximum atomic E-state index is 5.63. The van der Waals surface area contributed by atoms with Gasteiger partial charge in [0.05, 0.1) is 31.1 Å². The number of hydrogen-bond acceptors (Lipinski definition) is 4. The van der Waals surface area contributed by atoms with Gasteiger partial charge in [0.25, 0.3) is 0 Å². The zero-order chi connectivity index (χ0) is 14.5. The van der Waals surface area contributed by atoms with Gasteiger partial charge in [-0.15, -0.1) is 0 Å². The molecule has 114 valence electrons. The quantitative estimate of drug-likeness (QED) is 0.849. The van der Waals surface area contributed by atoms with Crippen LogP contribution in [0.2, 0.25) is 0 Å². The molecule has 6 heteroatoms. The highest BCUT2D eigenvalue weighted by molar-refractivity contribution is 5.38. The van der Waals surface area contributed by atoms with Crippen molar-refractivity contribution in [3.8, 4) is 0 Å². The van der Waals surface area contributed by atoms with Crippen LogP contribution in [0.15, 0.2) is 24.8 Å². The minimum Gasteiger partial charge on any atom is -0.376 e. The Balaban J connectivity index is 1.53. The van der Waals surface area contributed by atoms with Crippen molar-refractivity contribution in [2.45, 2.75) is 51.9 Å². The number of hydrogen-bond donors (Lipinski definition) is 1. The number of anilines is 1. The number of imidazole rings is 1. The molecular weight excluding hydrogens is 266 g/mol. The lowest BCUT2D eigenvalue weighted by Gasteiger charge is -2.09. The Labute approximate surface area is 125 Å². The highest BCUT2D eigenvalue weighted by Gasteiger charge is 2.16. The van der Waals surface area contributed by atoms with E-state index >= 15 is 0 Å². The average Bonchev–Trinajstić information content (AvgIpc) is 3.20. The van der Waals surface area contributed by atoms with Crippen LogP contribution in [0.25, 0.3) is 0 Å². The van der Waals surface area contributed by atoms with Crippen molar-refractivity contribution in [2.75, 3.05) is 11.9 Å². The third-order valence-electron chi connectivity index (χ3n) is 3.76. The summed E-state index contributed by atoms with van der Waals surface area (Å²) >= 11 is 0. The van der Waals surface area contributed by atoms with Crippen molar-refractivity contribution < 1.29 is 4.74 Å². The van der Waals surface area contributed by atoms with E-state index in [1.54, 1.807) is 0 Å². The van der Waals surface area contributed by atoms with E-state index in [2.05, 4.69) is 26.9 Å². The molecule has 1 N–H and O–H groups in total. The number of nitrogens with zero attached hydrogens (tertiary/aromatic N) is 4. The number of aryl methyl sites for hydroxylation is 1. The van der Waals surface area contributed by atoms with Crippen LogP contribution in [0.4, 0.5) is 5.69 Å². The van der Waals surface area contributed by atoms with Gasteiger partial charge < -0.3 is 14.6 Å². The molecule has 2 aromatic heterocycles. The van der Waals surface area contributed by atoms with E-state index in [4.69, 9.17) is 4.74 Å². The van der Waals surface area contributed by atoms with E-state index < -0.39 is 0 Å². The molecule has 6 nitrogen and oxygen atoms in total. The van der Waals surface area contributed by atoms with Gasteiger partial charge in [-0.2, -0.15) is 5.10 Å². The summed E-state index contributed by atoms with van der Waals surface area (Å²) in [5, 5.41) is 7.77. The molecule has 1 unspecified atom stereocenters. The van der Waals surface area contributed by atoms with E-state index in [0.717, 1.165) is 57.0 Å². The Kier molecular flexibility index (Phi) is 4.55. The maximum absolute atomic E-state index is 5.63. The van der Waals surface area contributed by atoms with Crippen LogP contribution >= 0.6 is 0 Å². The third-order valence-corrected chi connectivity index (χ3v) is 3.76. The summed E-state index contributed by atoms with van der Waals surface area (Å²) in [6.07, 6.45) is 11.5.